The Bertz CT molecular complexity index is 277. The van der Waals surface area contributed by atoms with Crippen molar-refractivity contribution >= 4 is 11.8 Å². The Morgan fingerprint density at radius 3 is 2.44 bits per heavy atom. The van der Waals surface area contributed by atoms with Crippen molar-refractivity contribution in [3.05, 3.63) is 0 Å². The molecule has 0 aliphatic carbocycles. The lowest BCUT2D eigenvalue weighted by molar-refractivity contribution is -0.126. The summed E-state index contributed by atoms with van der Waals surface area (Å²) in [4.78, 5) is 23.2. The molecular formula is C13H27N3O2. The summed E-state index contributed by atoms with van der Waals surface area (Å²) in [5.74, 6) is -0.237. The SMILES string of the molecule is CCCC(C)(N)C(=O)NCCC(=O)NC(C)CC. The van der Waals surface area contributed by atoms with Gasteiger partial charge in [-0.15, -0.1) is 0 Å². The Morgan fingerprint density at radius 2 is 1.94 bits per heavy atom. The lowest BCUT2D eigenvalue weighted by atomic mass is 9.96. The van der Waals surface area contributed by atoms with Gasteiger partial charge < -0.3 is 16.4 Å². The van der Waals surface area contributed by atoms with Crippen LogP contribution in [0.25, 0.3) is 0 Å². The smallest absolute Gasteiger partial charge is 0.239 e. The Morgan fingerprint density at radius 1 is 1.33 bits per heavy atom. The van der Waals surface area contributed by atoms with Crippen LogP contribution in [-0.2, 0) is 9.59 Å². The van der Waals surface area contributed by atoms with Gasteiger partial charge in [0.1, 0.15) is 0 Å². The third-order valence-electron chi connectivity index (χ3n) is 2.95. The van der Waals surface area contributed by atoms with Gasteiger partial charge in [-0.05, 0) is 26.7 Å². The van der Waals surface area contributed by atoms with Crippen LogP contribution in [-0.4, -0.2) is 29.9 Å². The van der Waals surface area contributed by atoms with E-state index in [4.69, 9.17) is 5.73 Å². The second-order valence-corrected chi connectivity index (χ2v) is 5.05. The van der Waals surface area contributed by atoms with E-state index in [9.17, 15) is 9.59 Å². The highest BCUT2D eigenvalue weighted by atomic mass is 16.2. The van der Waals surface area contributed by atoms with Crippen molar-refractivity contribution in [2.24, 2.45) is 5.73 Å². The zero-order valence-corrected chi connectivity index (χ0v) is 12.0. The molecule has 2 amide bonds. The highest BCUT2D eigenvalue weighted by molar-refractivity contribution is 5.86. The first-order valence-corrected chi connectivity index (χ1v) is 6.70. The minimum atomic E-state index is -0.845. The quantitative estimate of drug-likeness (QED) is 0.604. The largest absolute Gasteiger partial charge is 0.354 e. The van der Waals surface area contributed by atoms with Crippen molar-refractivity contribution in [3.8, 4) is 0 Å². The molecule has 0 saturated heterocycles. The van der Waals surface area contributed by atoms with E-state index in [1.807, 2.05) is 20.8 Å². The number of amides is 2. The molecule has 5 nitrogen and oxygen atoms in total. The van der Waals surface area contributed by atoms with Gasteiger partial charge in [0.25, 0.3) is 0 Å². The molecule has 0 aromatic heterocycles. The van der Waals surface area contributed by atoms with E-state index in [-0.39, 0.29) is 24.3 Å². The summed E-state index contributed by atoms with van der Waals surface area (Å²) in [6.45, 7) is 7.99. The van der Waals surface area contributed by atoms with Crippen molar-refractivity contribution in [1.29, 1.82) is 0 Å². The molecule has 18 heavy (non-hydrogen) atoms. The van der Waals surface area contributed by atoms with E-state index in [0.29, 0.717) is 13.0 Å². The van der Waals surface area contributed by atoms with Crippen LogP contribution in [0.2, 0.25) is 0 Å². The number of nitrogens with two attached hydrogens (primary N) is 1. The Hall–Kier alpha value is -1.10. The van der Waals surface area contributed by atoms with Crippen LogP contribution < -0.4 is 16.4 Å². The molecule has 0 saturated carbocycles. The fraction of sp³-hybridized carbons (Fsp3) is 0.846. The normalized spacial score (nSPS) is 15.6. The first kappa shape index (κ1) is 16.9. The highest BCUT2D eigenvalue weighted by Gasteiger charge is 2.26. The summed E-state index contributed by atoms with van der Waals surface area (Å²) < 4.78 is 0. The van der Waals surface area contributed by atoms with Gasteiger partial charge in [0, 0.05) is 19.0 Å². The van der Waals surface area contributed by atoms with Crippen LogP contribution in [0.1, 0.15) is 53.4 Å². The van der Waals surface area contributed by atoms with Gasteiger partial charge in [-0.3, -0.25) is 9.59 Å². The van der Waals surface area contributed by atoms with E-state index in [2.05, 4.69) is 10.6 Å². The molecule has 0 spiro atoms. The molecule has 0 bridgehead atoms. The van der Waals surface area contributed by atoms with Crippen LogP contribution in [0, 0.1) is 0 Å². The third kappa shape index (κ3) is 6.59. The molecule has 0 rings (SSSR count). The van der Waals surface area contributed by atoms with Crippen molar-refractivity contribution in [2.45, 2.75) is 65.0 Å². The molecular weight excluding hydrogens is 230 g/mol. The van der Waals surface area contributed by atoms with Crippen LogP contribution in [0.3, 0.4) is 0 Å². The molecule has 2 unspecified atom stereocenters. The van der Waals surface area contributed by atoms with Crippen LogP contribution in [0.4, 0.5) is 0 Å². The number of rotatable bonds is 8. The fourth-order valence-corrected chi connectivity index (χ4v) is 1.57. The standard InChI is InChI=1S/C13H27N3O2/c1-5-8-13(4,14)12(18)15-9-7-11(17)16-10(3)6-2/h10H,5-9,14H2,1-4H3,(H,15,18)(H,16,17). The average Bonchev–Trinajstić information content (AvgIpc) is 2.28. The van der Waals surface area contributed by atoms with Crippen LogP contribution in [0.5, 0.6) is 0 Å². The topological polar surface area (TPSA) is 84.2 Å². The lowest BCUT2D eigenvalue weighted by Gasteiger charge is -2.22. The first-order valence-electron chi connectivity index (χ1n) is 6.70. The van der Waals surface area contributed by atoms with Gasteiger partial charge in [-0.1, -0.05) is 20.3 Å². The molecule has 0 aromatic carbocycles. The number of hydrogen-bond donors (Lipinski definition) is 3. The summed E-state index contributed by atoms with van der Waals surface area (Å²) in [7, 11) is 0. The lowest BCUT2D eigenvalue weighted by Crippen LogP contribution is -2.52. The Labute approximate surface area is 110 Å². The molecule has 0 aromatic rings. The van der Waals surface area contributed by atoms with Gasteiger partial charge in [0.2, 0.25) is 11.8 Å². The van der Waals surface area contributed by atoms with E-state index < -0.39 is 5.54 Å². The number of hydrogen-bond acceptors (Lipinski definition) is 3. The summed E-state index contributed by atoms with van der Waals surface area (Å²) in [5.41, 5.74) is 5.03. The van der Waals surface area contributed by atoms with Crippen LogP contribution >= 0.6 is 0 Å². The molecule has 106 valence electrons. The summed E-state index contributed by atoms with van der Waals surface area (Å²) >= 11 is 0. The second kappa shape index (κ2) is 8.08. The maximum atomic E-state index is 11.7. The third-order valence-corrected chi connectivity index (χ3v) is 2.95. The molecule has 0 radical (unpaired) electrons. The van der Waals surface area contributed by atoms with Gasteiger partial charge in [-0.2, -0.15) is 0 Å². The van der Waals surface area contributed by atoms with Gasteiger partial charge >= 0.3 is 0 Å². The van der Waals surface area contributed by atoms with Crippen molar-refractivity contribution in [1.82, 2.24) is 10.6 Å². The van der Waals surface area contributed by atoms with Gasteiger partial charge in [0.05, 0.1) is 5.54 Å². The average molecular weight is 257 g/mol. The zero-order valence-electron chi connectivity index (χ0n) is 12.0. The van der Waals surface area contributed by atoms with Crippen LogP contribution in [0.15, 0.2) is 0 Å². The number of carbonyl (C=O) groups excluding carboxylic acids is 2. The van der Waals surface area contributed by atoms with E-state index in [1.54, 1.807) is 6.92 Å². The van der Waals surface area contributed by atoms with E-state index in [0.717, 1.165) is 12.8 Å². The van der Waals surface area contributed by atoms with Gasteiger partial charge in [-0.25, -0.2) is 0 Å². The second-order valence-electron chi connectivity index (χ2n) is 5.05. The van der Waals surface area contributed by atoms with E-state index in [1.165, 1.54) is 0 Å². The minimum Gasteiger partial charge on any atom is -0.354 e. The number of nitrogens with one attached hydrogen (secondary N) is 2. The molecule has 4 N–H and O–H groups in total. The minimum absolute atomic E-state index is 0.0427. The monoisotopic (exact) mass is 257 g/mol. The zero-order chi connectivity index (χ0) is 14.2. The molecule has 0 heterocycles. The predicted molar refractivity (Wildman–Crippen MR) is 73.0 cm³/mol. The summed E-state index contributed by atoms with van der Waals surface area (Å²) in [6.07, 6.45) is 2.68. The summed E-state index contributed by atoms with van der Waals surface area (Å²) in [6, 6.07) is 0.174. The molecule has 5 heteroatoms. The number of carbonyl (C=O) groups is 2. The van der Waals surface area contributed by atoms with Crippen molar-refractivity contribution < 1.29 is 9.59 Å². The van der Waals surface area contributed by atoms with Crippen molar-refractivity contribution in [3.63, 3.8) is 0 Å². The highest BCUT2D eigenvalue weighted by Crippen LogP contribution is 2.08. The predicted octanol–water partition coefficient (Wildman–Crippen LogP) is 0.925. The molecule has 0 aliphatic heterocycles. The van der Waals surface area contributed by atoms with Gasteiger partial charge in [0.15, 0.2) is 0 Å². The molecule has 2 atom stereocenters. The molecule has 0 fully saturated rings. The summed E-state index contributed by atoms with van der Waals surface area (Å²) in [5, 5.41) is 5.55. The Kier molecular flexibility index (Phi) is 7.59. The Balaban J connectivity index is 3.91. The fourth-order valence-electron chi connectivity index (χ4n) is 1.57. The maximum Gasteiger partial charge on any atom is 0.239 e. The maximum absolute atomic E-state index is 11.7. The first-order chi connectivity index (χ1) is 8.33. The molecule has 0 aliphatic rings. The van der Waals surface area contributed by atoms with E-state index >= 15 is 0 Å². The van der Waals surface area contributed by atoms with Crippen molar-refractivity contribution in [2.75, 3.05) is 6.54 Å².